The maximum Gasteiger partial charge on any atom is 0.280 e. The molecule has 4 heterocycles. The van der Waals surface area contributed by atoms with Gasteiger partial charge in [-0.2, -0.15) is 5.10 Å². The van der Waals surface area contributed by atoms with Gasteiger partial charge < -0.3 is 11.1 Å². The van der Waals surface area contributed by atoms with Gasteiger partial charge in [-0.05, 0) is 43.2 Å². The Hall–Kier alpha value is -5.03. The predicted octanol–water partition coefficient (Wildman–Crippen LogP) is 6.82. The molecule has 210 valence electrons. The fraction of sp³-hybridized carbons (Fsp3) is 0.129. The van der Waals surface area contributed by atoms with Crippen LogP contribution in [0.15, 0.2) is 66.7 Å². The maximum absolute atomic E-state index is 14.1. The summed E-state index contributed by atoms with van der Waals surface area (Å²) < 4.78 is 29.4. The highest BCUT2D eigenvalue weighted by molar-refractivity contribution is 7.21. The van der Waals surface area contributed by atoms with Crippen molar-refractivity contribution < 1.29 is 18.4 Å². The third-order valence-corrected chi connectivity index (χ3v) is 8.28. The number of anilines is 1. The van der Waals surface area contributed by atoms with Gasteiger partial charge in [0.15, 0.2) is 0 Å². The predicted molar refractivity (Wildman–Crippen MR) is 160 cm³/mol. The van der Waals surface area contributed by atoms with Crippen molar-refractivity contribution in [3.8, 4) is 22.4 Å². The van der Waals surface area contributed by atoms with Crippen LogP contribution in [-0.4, -0.2) is 31.6 Å². The number of benzene rings is 2. The molecule has 0 aliphatic rings. The summed E-state index contributed by atoms with van der Waals surface area (Å²) in [6.45, 7) is 3.80. The van der Waals surface area contributed by atoms with Gasteiger partial charge in [-0.15, -0.1) is 11.3 Å². The van der Waals surface area contributed by atoms with Crippen LogP contribution in [0, 0.1) is 13.8 Å². The second kappa shape index (κ2) is 10.4. The summed E-state index contributed by atoms with van der Waals surface area (Å²) in [5.74, 6) is -1.33. The van der Waals surface area contributed by atoms with Crippen molar-refractivity contribution >= 4 is 50.0 Å². The number of rotatable bonds is 6. The normalized spacial score (nSPS) is 11.5. The van der Waals surface area contributed by atoms with Gasteiger partial charge in [0.1, 0.15) is 15.4 Å². The number of carbonyl (C=O) groups excluding carboxylic acids is 2. The third-order valence-electron chi connectivity index (χ3n) is 7.18. The number of aromatic nitrogens is 4. The second-order valence-electron chi connectivity index (χ2n) is 9.81. The number of pyridine rings is 2. The number of thiophene rings is 1. The first kappa shape index (κ1) is 27.2. The minimum atomic E-state index is -2.84. The number of alkyl halides is 2. The van der Waals surface area contributed by atoms with Crippen molar-refractivity contribution in [2.24, 2.45) is 12.8 Å². The van der Waals surface area contributed by atoms with Gasteiger partial charge >= 0.3 is 0 Å². The van der Waals surface area contributed by atoms with E-state index in [1.165, 1.54) is 6.07 Å². The summed E-state index contributed by atoms with van der Waals surface area (Å²) in [6, 6.07) is 19.1. The quantitative estimate of drug-likeness (QED) is 0.224. The van der Waals surface area contributed by atoms with E-state index < -0.39 is 23.9 Å². The number of nitrogens with zero attached hydrogens (tertiary/aromatic N) is 4. The standard InChI is InChI=1S/C31H24F2N6O2S/c1-15-24(16(2)39(3)38-15)22-14-20(18-11-7-8-12-21(18)35-22)30(41)37-26-25-19(17-9-5-4-6-10-17)13-23(28(32)33)36-31(25)42-27(26)29(34)40/h4-14,28H,1-3H3,(H2,34,40)(H,37,41). The van der Waals surface area contributed by atoms with Crippen molar-refractivity contribution in [1.82, 2.24) is 19.7 Å². The second-order valence-corrected chi connectivity index (χ2v) is 10.8. The maximum atomic E-state index is 14.1. The van der Waals surface area contributed by atoms with Gasteiger partial charge in [-0.25, -0.2) is 18.7 Å². The number of hydrogen-bond acceptors (Lipinski definition) is 6. The zero-order valence-corrected chi connectivity index (χ0v) is 23.6. The molecule has 0 aliphatic carbocycles. The number of nitrogens with two attached hydrogens (primary N) is 1. The van der Waals surface area contributed by atoms with E-state index in [2.05, 4.69) is 15.4 Å². The van der Waals surface area contributed by atoms with Crippen LogP contribution in [0.1, 0.15) is 43.5 Å². The lowest BCUT2D eigenvalue weighted by atomic mass is 10.0. The summed E-state index contributed by atoms with van der Waals surface area (Å²) in [5.41, 5.74) is 10.4. The summed E-state index contributed by atoms with van der Waals surface area (Å²) in [4.78, 5) is 35.8. The van der Waals surface area contributed by atoms with Crippen LogP contribution < -0.4 is 11.1 Å². The summed E-state index contributed by atoms with van der Waals surface area (Å²) in [5, 5.41) is 8.33. The van der Waals surface area contributed by atoms with E-state index in [4.69, 9.17) is 10.7 Å². The first-order chi connectivity index (χ1) is 20.1. The van der Waals surface area contributed by atoms with Crippen molar-refractivity contribution in [3.63, 3.8) is 0 Å². The molecule has 0 atom stereocenters. The first-order valence-corrected chi connectivity index (χ1v) is 13.8. The van der Waals surface area contributed by atoms with E-state index in [1.807, 2.05) is 33.0 Å². The first-order valence-electron chi connectivity index (χ1n) is 13.0. The Bertz CT molecular complexity index is 2030. The largest absolute Gasteiger partial charge is 0.365 e. The zero-order chi connectivity index (χ0) is 29.7. The minimum Gasteiger partial charge on any atom is -0.365 e. The molecule has 8 nitrogen and oxygen atoms in total. The Morgan fingerprint density at radius 2 is 1.71 bits per heavy atom. The molecule has 0 fully saturated rings. The molecule has 2 aromatic carbocycles. The van der Waals surface area contributed by atoms with E-state index in [0.717, 1.165) is 28.3 Å². The molecule has 0 unspecified atom stereocenters. The molecule has 4 aromatic heterocycles. The molecule has 6 aromatic rings. The van der Waals surface area contributed by atoms with Gasteiger partial charge in [0.25, 0.3) is 18.2 Å². The van der Waals surface area contributed by atoms with Crippen molar-refractivity contribution in [2.45, 2.75) is 20.3 Å². The van der Waals surface area contributed by atoms with Crippen LogP contribution in [0.25, 0.3) is 43.5 Å². The molecule has 0 spiro atoms. The monoisotopic (exact) mass is 582 g/mol. The van der Waals surface area contributed by atoms with Crippen LogP contribution in [-0.2, 0) is 7.05 Å². The Labute approximate surface area is 242 Å². The zero-order valence-electron chi connectivity index (χ0n) is 22.8. The fourth-order valence-electron chi connectivity index (χ4n) is 5.18. The van der Waals surface area contributed by atoms with E-state index in [1.54, 1.807) is 53.2 Å². The van der Waals surface area contributed by atoms with Crippen LogP contribution in [0.2, 0.25) is 0 Å². The van der Waals surface area contributed by atoms with Gasteiger partial charge in [-0.1, -0.05) is 48.5 Å². The average Bonchev–Trinajstić information content (AvgIpc) is 3.47. The highest BCUT2D eigenvalue weighted by Gasteiger charge is 2.26. The number of nitrogens with one attached hydrogen (secondary N) is 1. The van der Waals surface area contributed by atoms with E-state index in [0.29, 0.717) is 38.7 Å². The lowest BCUT2D eigenvalue weighted by Gasteiger charge is -2.13. The molecule has 3 N–H and O–H groups in total. The van der Waals surface area contributed by atoms with Crippen LogP contribution in [0.5, 0.6) is 0 Å². The molecular formula is C31H24F2N6O2S. The Balaban J connectivity index is 1.56. The van der Waals surface area contributed by atoms with Gasteiger partial charge in [0, 0.05) is 29.1 Å². The Kier molecular flexibility index (Phi) is 6.74. The number of aryl methyl sites for hydroxylation is 2. The molecule has 0 aliphatic heterocycles. The number of hydrogen-bond donors (Lipinski definition) is 2. The molecule has 2 amide bonds. The molecule has 0 saturated carbocycles. The number of primary amides is 1. The highest BCUT2D eigenvalue weighted by atomic mass is 32.1. The molecule has 0 saturated heterocycles. The summed E-state index contributed by atoms with van der Waals surface area (Å²) in [7, 11) is 1.84. The molecule has 0 radical (unpaired) electrons. The average molecular weight is 583 g/mol. The Morgan fingerprint density at radius 3 is 2.38 bits per heavy atom. The van der Waals surface area contributed by atoms with E-state index in [9.17, 15) is 18.4 Å². The number of fused-ring (bicyclic) bond motifs is 2. The molecular weight excluding hydrogens is 558 g/mol. The minimum absolute atomic E-state index is 0.00646. The van der Waals surface area contributed by atoms with Gasteiger partial charge in [0.2, 0.25) is 0 Å². The summed E-state index contributed by atoms with van der Waals surface area (Å²) >= 11 is 0.863. The van der Waals surface area contributed by atoms with Crippen LogP contribution in [0.4, 0.5) is 14.5 Å². The number of para-hydroxylation sites is 1. The van der Waals surface area contributed by atoms with Crippen molar-refractivity contribution in [1.29, 1.82) is 0 Å². The fourth-order valence-corrected chi connectivity index (χ4v) is 6.20. The SMILES string of the molecule is Cc1nn(C)c(C)c1-c1cc(C(=O)Nc2c(C(N)=O)sc3nc(C(F)F)cc(-c4ccccc4)c23)c2ccccc2n1. The van der Waals surface area contributed by atoms with E-state index >= 15 is 0 Å². The topological polar surface area (TPSA) is 116 Å². The summed E-state index contributed by atoms with van der Waals surface area (Å²) in [6.07, 6.45) is -2.84. The molecule has 0 bridgehead atoms. The van der Waals surface area contributed by atoms with Gasteiger partial charge in [-0.3, -0.25) is 14.3 Å². The number of amides is 2. The smallest absolute Gasteiger partial charge is 0.280 e. The van der Waals surface area contributed by atoms with E-state index in [-0.39, 0.29) is 15.4 Å². The lowest BCUT2D eigenvalue weighted by Crippen LogP contribution is -2.17. The van der Waals surface area contributed by atoms with Gasteiger partial charge in [0.05, 0.1) is 28.2 Å². The van der Waals surface area contributed by atoms with Crippen molar-refractivity contribution in [3.05, 3.63) is 94.3 Å². The number of carbonyl (C=O) groups is 2. The highest BCUT2D eigenvalue weighted by Crippen LogP contribution is 2.43. The number of halogens is 2. The Morgan fingerprint density at radius 1 is 1.00 bits per heavy atom. The molecule has 6 rings (SSSR count). The lowest BCUT2D eigenvalue weighted by molar-refractivity contribution is 0.100. The molecule has 42 heavy (non-hydrogen) atoms. The van der Waals surface area contributed by atoms with Crippen LogP contribution >= 0.6 is 11.3 Å². The molecule has 11 heteroatoms. The third kappa shape index (κ3) is 4.57. The van der Waals surface area contributed by atoms with Crippen molar-refractivity contribution in [2.75, 3.05) is 5.32 Å². The van der Waals surface area contributed by atoms with Crippen LogP contribution in [0.3, 0.4) is 0 Å².